The third-order valence-electron chi connectivity index (χ3n) is 4.65. The van der Waals surface area contributed by atoms with Gasteiger partial charge < -0.3 is 10.6 Å². The monoisotopic (exact) mass is 295 g/mol. The Hall–Kier alpha value is -0.610. The molecular weight excluding hydrogens is 262 g/mol. The van der Waals surface area contributed by atoms with E-state index >= 15 is 0 Å². The van der Waals surface area contributed by atoms with Gasteiger partial charge in [0.25, 0.3) is 0 Å². The number of fused-ring (bicyclic) bond motifs is 2. The van der Waals surface area contributed by atoms with Crippen molar-refractivity contribution in [3.63, 3.8) is 0 Å². The molecule has 0 aromatic carbocycles. The Morgan fingerprint density at radius 1 is 1.19 bits per heavy atom. The molecule has 2 aliphatic heterocycles. The summed E-state index contributed by atoms with van der Waals surface area (Å²) in [5.41, 5.74) is -0.132. The molecule has 122 valence electrons. The number of carbonyl (C=O) groups is 1. The highest BCUT2D eigenvalue weighted by Gasteiger charge is 2.38. The van der Waals surface area contributed by atoms with Gasteiger partial charge in [-0.3, -0.25) is 9.69 Å². The molecular formula is C17H33N3O. The van der Waals surface area contributed by atoms with E-state index in [1.54, 1.807) is 0 Å². The van der Waals surface area contributed by atoms with Gasteiger partial charge in [-0.2, -0.15) is 0 Å². The molecule has 0 saturated carbocycles. The summed E-state index contributed by atoms with van der Waals surface area (Å²) in [4.78, 5) is 14.7. The predicted octanol–water partition coefficient (Wildman–Crippen LogP) is 2.29. The number of nitrogens with zero attached hydrogens (tertiary/aromatic N) is 1. The van der Waals surface area contributed by atoms with Crippen molar-refractivity contribution in [3.05, 3.63) is 0 Å². The molecule has 2 unspecified atom stereocenters. The van der Waals surface area contributed by atoms with Gasteiger partial charge in [0.15, 0.2) is 0 Å². The van der Waals surface area contributed by atoms with Crippen molar-refractivity contribution in [2.24, 2.45) is 0 Å². The first-order valence-electron chi connectivity index (χ1n) is 8.69. The van der Waals surface area contributed by atoms with E-state index in [-0.39, 0.29) is 11.4 Å². The number of carbonyl (C=O) groups excluding carboxylic acids is 1. The fourth-order valence-corrected chi connectivity index (χ4v) is 3.88. The van der Waals surface area contributed by atoms with E-state index < -0.39 is 0 Å². The molecule has 2 heterocycles. The van der Waals surface area contributed by atoms with Crippen molar-refractivity contribution in [1.82, 2.24) is 15.5 Å². The zero-order valence-electron chi connectivity index (χ0n) is 14.2. The van der Waals surface area contributed by atoms with Crippen LogP contribution in [0.1, 0.15) is 66.2 Å². The van der Waals surface area contributed by atoms with Gasteiger partial charge in [-0.25, -0.2) is 0 Å². The molecule has 0 radical (unpaired) electrons. The van der Waals surface area contributed by atoms with Crippen LogP contribution in [0, 0.1) is 0 Å². The highest BCUT2D eigenvalue weighted by Crippen LogP contribution is 2.33. The lowest BCUT2D eigenvalue weighted by Crippen LogP contribution is -2.59. The summed E-state index contributed by atoms with van der Waals surface area (Å²) in [5, 5.41) is 6.79. The zero-order valence-corrected chi connectivity index (χ0v) is 14.2. The number of amides is 1. The normalized spacial score (nSPS) is 30.2. The van der Waals surface area contributed by atoms with E-state index in [1.807, 2.05) is 20.8 Å². The van der Waals surface area contributed by atoms with Crippen LogP contribution in [0.5, 0.6) is 0 Å². The molecule has 2 N–H and O–H groups in total. The minimum Gasteiger partial charge on any atom is -0.350 e. The van der Waals surface area contributed by atoms with E-state index in [0.29, 0.717) is 24.7 Å². The van der Waals surface area contributed by atoms with Crippen LogP contribution >= 0.6 is 0 Å². The summed E-state index contributed by atoms with van der Waals surface area (Å²) < 4.78 is 0. The maximum Gasteiger partial charge on any atom is 0.234 e. The Morgan fingerprint density at radius 2 is 1.81 bits per heavy atom. The van der Waals surface area contributed by atoms with E-state index in [1.165, 1.54) is 38.5 Å². The Labute approximate surface area is 130 Å². The van der Waals surface area contributed by atoms with Gasteiger partial charge in [0, 0.05) is 23.7 Å². The smallest absolute Gasteiger partial charge is 0.234 e. The topological polar surface area (TPSA) is 44.4 Å². The standard InChI is InChI=1S/C17H33N3O/c1-5-9-18-13-10-14-7-6-8-15(11-13)20(14)12-16(21)19-17(2,3)4/h13-15,18H,5-12H2,1-4H3,(H,19,21). The lowest BCUT2D eigenvalue weighted by Gasteiger charge is -2.49. The molecule has 2 rings (SSSR count). The summed E-state index contributed by atoms with van der Waals surface area (Å²) >= 11 is 0. The first-order valence-corrected chi connectivity index (χ1v) is 8.69. The fourth-order valence-electron chi connectivity index (χ4n) is 3.88. The minimum absolute atomic E-state index is 0.132. The predicted molar refractivity (Wildman–Crippen MR) is 87.3 cm³/mol. The van der Waals surface area contributed by atoms with Crippen molar-refractivity contribution in [2.45, 2.75) is 89.9 Å². The molecule has 4 heteroatoms. The Balaban J connectivity index is 1.90. The summed E-state index contributed by atoms with van der Waals surface area (Å²) in [7, 11) is 0. The van der Waals surface area contributed by atoms with Crippen LogP contribution in [0.3, 0.4) is 0 Å². The molecule has 0 aromatic heterocycles. The second kappa shape index (κ2) is 7.10. The highest BCUT2D eigenvalue weighted by molar-refractivity contribution is 5.78. The van der Waals surface area contributed by atoms with Gasteiger partial charge in [-0.1, -0.05) is 13.3 Å². The van der Waals surface area contributed by atoms with Gasteiger partial charge >= 0.3 is 0 Å². The number of rotatable bonds is 5. The van der Waals surface area contributed by atoms with Crippen molar-refractivity contribution >= 4 is 5.91 Å². The molecule has 0 aromatic rings. The maximum absolute atomic E-state index is 12.2. The van der Waals surface area contributed by atoms with Crippen LogP contribution in [0.2, 0.25) is 0 Å². The Bertz CT molecular complexity index is 336. The molecule has 2 bridgehead atoms. The average molecular weight is 295 g/mol. The lowest BCUT2D eigenvalue weighted by atomic mass is 9.81. The SMILES string of the molecule is CCCNC1CC2CCCC(C1)N2CC(=O)NC(C)(C)C. The van der Waals surface area contributed by atoms with Gasteiger partial charge in [-0.15, -0.1) is 0 Å². The summed E-state index contributed by atoms with van der Waals surface area (Å²) in [6.07, 6.45) is 7.45. The van der Waals surface area contributed by atoms with Crippen LogP contribution in [-0.4, -0.2) is 47.6 Å². The van der Waals surface area contributed by atoms with E-state index in [4.69, 9.17) is 0 Å². The maximum atomic E-state index is 12.2. The van der Waals surface area contributed by atoms with Crippen LogP contribution in [0.4, 0.5) is 0 Å². The molecule has 4 nitrogen and oxygen atoms in total. The first-order chi connectivity index (χ1) is 9.89. The zero-order chi connectivity index (χ0) is 15.5. The van der Waals surface area contributed by atoms with E-state index in [2.05, 4.69) is 22.5 Å². The van der Waals surface area contributed by atoms with Crippen LogP contribution in [0.25, 0.3) is 0 Å². The number of nitrogens with one attached hydrogen (secondary N) is 2. The second-order valence-corrected chi connectivity index (χ2v) is 7.83. The fraction of sp³-hybridized carbons (Fsp3) is 0.941. The van der Waals surface area contributed by atoms with Gasteiger partial charge in [-0.05, 0) is 59.4 Å². The minimum atomic E-state index is -0.132. The number of hydrogen-bond acceptors (Lipinski definition) is 3. The molecule has 0 aliphatic carbocycles. The Morgan fingerprint density at radius 3 is 2.33 bits per heavy atom. The average Bonchev–Trinajstić information content (AvgIpc) is 2.34. The summed E-state index contributed by atoms with van der Waals surface area (Å²) in [6.45, 7) is 10.1. The highest BCUT2D eigenvalue weighted by atomic mass is 16.2. The number of hydrogen-bond donors (Lipinski definition) is 2. The van der Waals surface area contributed by atoms with Gasteiger partial charge in [0.05, 0.1) is 6.54 Å². The van der Waals surface area contributed by atoms with E-state index in [9.17, 15) is 4.79 Å². The second-order valence-electron chi connectivity index (χ2n) is 7.83. The van der Waals surface area contributed by atoms with Gasteiger partial charge in [0.1, 0.15) is 0 Å². The molecule has 2 atom stereocenters. The molecule has 1 amide bonds. The quantitative estimate of drug-likeness (QED) is 0.818. The molecule has 2 aliphatic rings. The Kier molecular flexibility index (Phi) is 5.67. The number of piperidine rings is 2. The van der Waals surface area contributed by atoms with Crippen molar-refractivity contribution in [1.29, 1.82) is 0 Å². The molecule has 2 saturated heterocycles. The molecule has 21 heavy (non-hydrogen) atoms. The van der Waals surface area contributed by atoms with Crippen molar-refractivity contribution in [3.8, 4) is 0 Å². The summed E-state index contributed by atoms with van der Waals surface area (Å²) in [5.74, 6) is 0.180. The third kappa shape index (κ3) is 4.96. The van der Waals surface area contributed by atoms with Crippen LogP contribution in [-0.2, 0) is 4.79 Å². The summed E-state index contributed by atoms with van der Waals surface area (Å²) in [6, 6.07) is 1.84. The largest absolute Gasteiger partial charge is 0.350 e. The van der Waals surface area contributed by atoms with E-state index in [0.717, 1.165) is 6.54 Å². The molecule has 2 fully saturated rings. The van der Waals surface area contributed by atoms with Crippen LogP contribution in [0.15, 0.2) is 0 Å². The lowest BCUT2D eigenvalue weighted by molar-refractivity contribution is -0.126. The van der Waals surface area contributed by atoms with Crippen molar-refractivity contribution < 1.29 is 4.79 Å². The van der Waals surface area contributed by atoms with Crippen molar-refractivity contribution in [2.75, 3.05) is 13.1 Å². The third-order valence-corrected chi connectivity index (χ3v) is 4.65. The first kappa shape index (κ1) is 16.8. The van der Waals surface area contributed by atoms with Gasteiger partial charge in [0.2, 0.25) is 5.91 Å². The molecule has 0 spiro atoms. The van der Waals surface area contributed by atoms with Crippen LogP contribution < -0.4 is 10.6 Å².